The van der Waals surface area contributed by atoms with Gasteiger partial charge in [-0.3, -0.25) is 4.79 Å². The Morgan fingerprint density at radius 3 is 2.87 bits per heavy atom. The molecule has 15 heavy (non-hydrogen) atoms. The van der Waals surface area contributed by atoms with Crippen molar-refractivity contribution in [2.24, 2.45) is 5.73 Å². The molecule has 0 atom stereocenters. The highest BCUT2D eigenvalue weighted by Crippen LogP contribution is 2.08. The number of rotatable bonds is 2. The van der Waals surface area contributed by atoms with Crippen molar-refractivity contribution in [1.29, 1.82) is 0 Å². The molecule has 0 radical (unpaired) electrons. The Morgan fingerprint density at radius 2 is 2.27 bits per heavy atom. The van der Waals surface area contributed by atoms with Gasteiger partial charge in [0.2, 0.25) is 0 Å². The Labute approximate surface area is 89.7 Å². The van der Waals surface area contributed by atoms with Crippen LogP contribution in [0.3, 0.4) is 0 Å². The minimum absolute atomic E-state index is 0.171. The Balaban J connectivity index is 2.41. The van der Waals surface area contributed by atoms with E-state index in [1.807, 2.05) is 0 Å². The average molecular weight is 224 g/mol. The van der Waals surface area contributed by atoms with Gasteiger partial charge in [0.15, 0.2) is 5.82 Å². The highest BCUT2D eigenvalue weighted by Gasteiger charge is 2.06. The number of hydrogen-bond donors (Lipinski definition) is 1. The molecule has 7 heteroatoms. The summed E-state index contributed by atoms with van der Waals surface area (Å²) in [6.45, 7) is 0. The maximum absolute atomic E-state index is 10.8. The first-order chi connectivity index (χ1) is 7.16. The molecule has 2 aromatic rings. The van der Waals surface area contributed by atoms with Crippen LogP contribution in [0.5, 0.6) is 0 Å². The first-order valence-electron chi connectivity index (χ1n) is 4.00. The molecule has 2 N–H and O–H groups in total. The van der Waals surface area contributed by atoms with Crippen molar-refractivity contribution in [1.82, 2.24) is 19.7 Å². The van der Waals surface area contributed by atoms with Crippen molar-refractivity contribution in [2.75, 3.05) is 0 Å². The van der Waals surface area contributed by atoms with Gasteiger partial charge in [-0.25, -0.2) is 14.6 Å². The lowest BCUT2D eigenvalue weighted by Crippen LogP contribution is -2.12. The molecule has 0 aromatic carbocycles. The first-order valence-corrected chi connectivity index (χ1v) is 4.38. The van der Waals surface area contributed by atoms with Crippen molar-refractivity contribution in [2.45, 2.75) is 0 Å². The van der Waals surface area contributed by atoms with E-state index in [-0.39, 0.29) is 5.69 Å². The van der Waals surface area contributed by atoms with Gasteiger partial charge in [0, 0.05) is 12.3 Å². The van der Waals surface area contributed by atoms with Crippen LogP contribution in [0.4, 0.5) is 0 Å². The summed E-state index contributed by atoms with van der Waals surface area (Å²) in [4.78, 5) is 18.5. The second kappa shape index (κ2) is 3.66. The zero-order chi connectivity index (χ0) is 10.8. The van der Waals surface area contributed by atoms with Crippen molar-refractivity contribution in [3.63, 3.8) is 0 Å². The quantitative estimate of drug-likeness (QED) is 0.748. The van der Waals surface area contributed by atoms with Gasteiger partial charge in [0.05, 0.1) is 0 Å². The van der Waals surface area contributed by atoms with Crippen molar-refractivity contribution >= 4 is 17.5 Å². The maximum atomic E-state index is 10.8. The molecule has 0 spiro atoms. The van der Waals surface area contributed by atoms with E-state index < -0.39 is 5.91 Å². The van der Waals surface area contributed by atoms with E-state index in [1.165, 1.54) is 23.1 Å². The Morgan fingerprint density at radius 1 is 1.47 bits per heavy atom. The maximum Gasteiger partial charge on any atom is 0.269 e. The van der Waals surface area contributed by atoms with Crippen LogP contribution in [-0.2, 0) is 0 Å². The van der Waals surface area contributed by atoms with Crippen molar-refractivity contribution in [3.8, 4) is 5.82 Å². The summed E-state index contributed by atoms with van der Waals surface area (Å²) in [5.74, 6) is -0.114. The molecule has 0 saturated carbocycles. The number of aromatic nitrogens is 4. The number of carbonyl (C=O) groups is 1. The lowest BCUT2D eigenvalue weighted by atomic mass is 10.4. The summed E-state index contributed by atoms with van der Waals surface area (Å²) in [5, 5.41) is 4.22. The molecule has 2 aromatic heterocycles. The third kappa shape index (κ3) is 1.94. The molecule has 0 aliphatic rings. The third-order valence-corrected chi connectivity index (χ3v) is 1.90. The van der Waals surface area contributed by atoms with E-state index in [0.717, 1.165) is 0 Å². The normalized spacial score (nSPS) is 10.2. The predicted octanol–water partition coefficient (Wildman–Crippen LogP) is 0.415. The van der Waals surface area contributed by atoms with Gasteiger partial charge < -0.3 is 5.73 Å². The Hall–Kier alpha value is -1.95. The molecular weight excluding hydrogens is 218 g/mol. The lowest BCUT2D eigenvalue weighted by molar-refractivity contribution is 0.0995. The summed E-state index contributed by atoms with van der Waals surface area (Å²) < 4.78 is 1.40. The molecule has 2 heterocycles. The standard InChI is InChI=1S/C8H6ClN5O/c9-6-3-7(12-4-11-6)14-2-1-5(13-14)8(10)15/h1-4H,(H2,10,15). The number of nitrogens with zero attached hydrogens (tertiary/aromatic N) is 4. The molecule has 2 rings (SSSR count). The molecule has 0 saturated heterocycles. The third-order valence-electron chi connectivity index (χ3n) is 1.70. The average Bonchev–Trinajstić information content (AvgIpc) is 2.66. The number of primary amides is 1. The topological polar surface area (TPSA) is 86.7 Å². The summed E-state index contributed by atoms with van der Waals surface area (Å²) in [6.07, 6.45) is 2.88. The smallest absolute Gasteiger partial charge is 0.269 e. The van der Waals surface area contributed by atoms with Gasteiger partial charge in [-0.1, -0.05) is 11.6 Å². The molecular formula is C8H6ClN5O. The Bertz CT molecular complexity index is 509. The van der Waals surface area contributed by atoms with E-state index in [1.54, 1.807) is 6.20 Å². The van der Waals surface area contributed by atoms with E-state index in [2.05, 4.69) is 15.1 Å². The number of hydrogen-bond acceptors (Lipinski definition) is 4. The molecule has 0 unspecified atom stereocenters. The molecule has 0 bridgehead atoms. The van der Waals surface area contributed by atoms with Gasteiger partial charge in [-0.15, -0.1) is 0 Å². The van der Waals surface area contributed by atoms with E-state index in [4.69, 9.17) is 17.3 Å². The van der Waals surface area contributed by atoms with Gasteiger partial charge in [-0.2, -0.15) is 5.10 Å². The van der Waals surface area contributed by atoms with Crippen LogP contribution >= 0.6 is 11.6 Å². The highest BCUT2D eigenvalue weighted by molar-refractivity contribution is 6.29. The SMILES string of the molecule is NC(=O)c1ccn(-c2cc(Cl)ncn2)n1. The number of halogens is 1. The van der Waals surface area contributed by atoms with Crippen LogP contribution < -0.4 is 5.73 Å². The van der Waals surface area contributed by atoms with E-state index in [9.17, 15) is 4.79 Å². The summed E-state index contributed by atoms with van der Waals surface area (Å²) in [6, 6.07) is 3.03. The molecule has 0 fully saturated rings. The lowest BCUT2D eigenvalue weighted by Gasteiger charge is -1.98. The van der Waals surface area contributed by atoms with Crippen LogP contribution in [0.15, 0.2) is 24.7 Å². The summed E-state index contributed by atoms with van der Waals surface area (Å²) >= 11 is 5.68. The highest BCUT2D eigenvalue weighted by atomic mass is 35.5. The van der Waals surface area contributed by atoms with E-state index >= 15 is 0 Å². The van der Waals surface area contributed by atoms with Crippen LogP contribution in [-0.4, -0.2) is 25.7 Å². The van der Waals surface area contributed by atoms with E-state index in [0.29, 0.717) is 11.0 Å². The second-order valence-corrected chi connectivity index (χ2v) is 3.10. The molecule has 1 amide bonds. The van der Waals surface area contributed by atoms with Crippen LogP contribution in [0.25, 0.3) is 5.82 Å². The minimum atomic E-state index is -0.589. The summed E-state index contributed by atoms with van der Waals surface area (Å²) in [7, 11) is 0. The van der Waals surface area contributed by atoms with Crippen molar-refractivity contribution in [3.05, 3.63) is 35.5 Å². The molecule has 0 aliphatic carbocycles. The first kappa shape index (κ1) is 9.60. The fraction of sp³-hybridized carbons (Fsp3) is 0. The van der Waals surface area contributed by atoms with Crippen molar-refractivity contribution < 1.29 is 4.79 Å². The van der Waals surface area contributed by atoms with Crippen LogP contribution in [0.1, 0.15) is 10.5 Å². The molecule has 0 aliphatic heterocycles. The zero-order valence-corrected chi connectivity index (χ0v) is 8.22. The fourth-order valence-corrected chi connectivity index (χ4v) is 1.17. The fourth-order valence-electron chi connectivity index (χ4n) is 1.03. The predicted molar refractivity (Wildman–Crippen MR) is 52.7 cm³/mol. The molecule has 6 nitrogen and oxygen atoms in total. The number of carbonyl (C=O) groups excluding carboxylic acids is 1. The van der Waals surface area contributed by atoms with Gasteiger partial charge in [0.1, 0.15) is 17.2 Å². The Kier molecular flexibility index (Phi) is 2.34. The minimum Gasteiger partial charge on any atom is -0.364 e. The number of amides is 1. The monoisotopic (exact) mass is 223 g/mol. The largest absolute Gasteiger partial charge is 0.364 e. The van der Waals surface area contributed by atoms with Gasteiger partial charge in [0.25, 0.3) is 5.91 Å². The number of nitrogens with two attached hydrogens (primary N) is 1. The van der Waals surface area contributed by atoms with Crippen LogP contribution in [0, 0.1) is 0 Å². The zero-order valence-electron chi connectivity index (χ0n) is 7.46. The van der Waals surface area contributed by atoms with Gasteiger partial charge in [-0.05, 0) is 6.07 Å². The molecule has 76 valence electrons. The summed E-state index contributed by atoms with van der Waals surface area (Å²) in [5.41, 5.74) is 5.23. The van der Waals surface area contributed by atoms with Gasteiger partial charge >= 0.3 is 0 Å². The van der Waals surface area contributed by atoms with Crippen LogP contribution in [0.2, 0.25) is 5.15 Å². The second-order valence-electron chi connectivity index (χ2n) is 2.71.